The van der Waals surface area contributed by atoms with Crippen LogP contribution >= 0.6 is 0 Å². The Labute approximate surface area is 109 Å². The average molecular weight is 259 g/mol. The van der Waals surface area contributed by atoms with Crippen molar-refractivity contribution in [2.24, 2.45) is 0 Å². The summed E-state index contributed by atoms with van der Waals surface area (Å²) in [5, 5.41) is 11.1. The standard InChI is InChI=1S/C14H13NO4/c1-9(14(17)18)15-13(16)12-11(7-8-19-12)10-5-3-2-4-6-10/h2-9H,1H3,(H,15,16)(H,17,18)/t9-/m1/s1. The quantitative estimate of drug-likeness (QED) is 0.881. The lowest BCUT2D eigenvalue weighted by Crippen LogP contribution is -2.38. The van der Waals surface area contributed by atoms with E-state index in [1.54, 1.807) is 6.07 Å². The Balaban J connectivity index is 2.25. The van der Waals surface area contributed by atoms with E-state index in [-0.39, 0.29) is 5.76 Å². The van der Waals surface area contributed by atoms with Gasteiger partial charge in [0.2, 0.25) is 0 Å². The lowest BCUT2D eigenvalue weighted by atomic mass is 10.1. The second-order valence-electron chi connectivity index (χ2n) is 4.06. The summed E-state index contributed by atoms with van der Waals surface area (Å²) >= 11 is 0. The first-order valence-corrected chi connectivity index (χ1v) is 5.76. The molecule has 0 saturated heterocycles. The molecule has 98 valence electrons. The number of amides is 1. The minimum absolute atomic E-state index is 0.110. The number of aliphatic carboxylic acids is 1. The fraction of sp³-hybridized carbons (Fsp3) is 0.143. The van der Waals surface area contributed by atoms with Crippen molar-refractivity contribution >= 4 is 11.9 Å². The summed E-state index contributed by atoms with van der Waals surface area (Å²) in [5.41, 5.74) is 1.47. The summed E-state index contributed by atoms with van der Waals surface area (Å²) in [6.45, 7) is 1.39. The maximum atomic E-state index is 11.9. The van der Waals surface area contributed by atoms with Gasteiger partial charge in [-0.3, -0.25) is 9.59 Å². The third-order valence-corrected chi connectivity index (χ3v) is 2.67. The maximum Gasteiger partial charge on any atom is 0.325 e. The monoisotopic (exact) mass is 259 g/mol. The molecule has 1 aromatic heterocycles. The molecule has 19 heavy (non-hydrogen) atoms. The summed E-state index contributed by atoms with van der Waals surface area (Å²) in [7, 11) is 0. The van der Waals surface area contributed by atoms with Crippen molar-refractivity contribution < 1.29 is 19.1 Å². The predicted molar refractivity (Wildman–Crippen MR) is 68.7 cm³/mol. The van der Waals surface area contributed by atoms with Crippen LogP contribution in [0.25, 0.3) is 11.1 Å². The molecule has 0 radical (unpaired) electrons. The molecule has 5 nitrogen and oxygen atoms in total. The number of nitrogens with one attached hydrogen (secondary N) is 1. The summed E-state index contributed by atoms with van der Waals surface area (Å²) in [5.74, 6) is -1.53. The highest BCUT2D eigenvalue weighted by atomic mass is 16.4. The Morgan fingerprint density at radius 1 is 1.21 bits per heavy atom. The van der Waals surface area contributed by atoms with Crippen LogP contribution in [0.4, 0.5) is 0 Å². The Morgan fingerprint density at radius 2 is 1.89 bits per heavy atom. The second-order valence-corrected chi connectivity index (χ2v) is 4.06. The van der Waals surface area contributed by atoms with E-state index in [0.717, 1.165) is 5.56 Å². The summed E-state index contributed by atoms with van der Waals surface area (Å²) in [6.07, 6.45) is 1.41. The van der Waals surface area contributed by atoms with Gasteiger partial charge in [-0.2, -0.15) is 0 Å². The molecule has 1 heterocycles. The highest BCUT2D eigenvalue weighted by Crippen LogP contribution is 2.24. The van der Waals surface area contributed by atoms with Gasteiger partial charge < -0.3 is 14.8 Å². The van der Waals surface area contributed by atoms with E-state index in [2.05, 4.69) is 5.32 Å². The molecule has 2 N–H and O–H groups in total. The largest absolute Gasteiger partial charge is 0.480 e. The molecule has 0 saturated carbocycles. The summed E-state index contributed by atoms with van der Waals surface area (Å²) < 4.78 is 5.16. The van der Waals surface area contributed by atoms with E-state index >= 15 is 0 Å². The van der Waals surface area contributed by atoms with E-state index < -0.39 is 17.9 Å². The third-order valence-electron chi connectivity index (χ3n) is 2.67. The SMILES string of the molecule is C[C@@H](NC(=O)c1occc1-c1ccccc1)C(=O)O. The minimum Gasteiger partial charge on any atom is -0.480 e. The Morgan fingerprint density at radius 3 is 2.53 bits per heavy atom. The summed E-state index contributed by atoms with van der Waals surface area (Å²) in [6, 6.07) is 9.98. The number of carboxylic acid groups (broad SMARTS) is 1. The predicted octanol–water partition coefficient (Wildman–Crippen LogP) is 2.15. The molecule has 0 unspecified atom stereocenters. The van der Waals surface area contributed by atoms with Crippen molar-refractivity contribution in [3.8, 4) is 11.1 Å². The second kappa shape index (κ2) is 5.39. The van der Waals surface area contributed by atoms with Gasteiger partial charge in [-0.15, -0.1) is 0 Å². The van der Waals surface area contributed by atoms with Gasteiger partial charge in [0.05, 0.1) is 6.26 Å². The first kappa shape index (κ1) is 12.9. The smallest absolute Gasteiger partial charge is 0.325 e. The zero-order chi connectivity index (χ0) is 13.8. The molecule has 1 aromatic carbocycles. The summed E-state index contributed by atoms with van der Waals surface area (Å²) in [4.78, 5) is 22.7. The van der Waals surface area contributed by atoms with E-state index in [1.807, 2.05) is 30.3 Å². The zero-order valence-corrected chi connectivity index (χ0v) is 10.3. The number of hydrogen-bond acceptors (Lipinski definition) is 3. The van der Waals surface area contributed by atoms with Crippen LogP contribution in [0.1, 0.15) is 17.5 Å². The molecule has 0 spiro atoms. The molecular formula is C14H13NO4. The lowest BCUT2D eigenvalue weighted by molar-refractivity contribution is -0.138. The van der Waals surface area contributed by atoms with Crippen LogP contribution in [0.5, 0.6) is 0 Å². The van der Waals surface area contributed by atoms with Crippen molar-refractivity contribution in [1.29, 1.82) is 0 Å². The minimum atomic E-state index is -1.10. The molecule has 2 rings (SSSR count). The number of hydrogen-bond donors (Lipinski definition) is 2. The van der Waals surface area contributed by atoms with Crippen molar-refractivity contribution in [3.05, 3.63) is 48.4 Å². The van der Waals surface area contributed by atoms with Gasteiger partial charge in [0.25, 0.3) is 5.91 Å². The van der Waals surface area contributed by atoms with Crippen molar-refractivity contribution in [1.82, 2.24) is 5.32 Å². The molecule has 1 atom stereocenters. The first-order valence-electron chi connectivity index (χ1n) is 5.76. The Hall–Kier alpha value is -2.56. The normalized spacial score (nSPS) is 11.8. The van der Waals surface area contributed by atoms with Crippen LogP contribution in [0.15, 0.2) is 47.1 Å². The van der Waals surface area contributed by atoms with E-state index in [0.29, 0.717) is 5.56 Å². The average Bonchev–Trinajstić information content (AvgIpc) is 2.88. The molecular weight excluding hydrogens is 246 g/mol. The highest BCUT2D eigenvalue weighted by molar-refractivity contribution is 5.99. The van der Waals surface area contributed by atoms with Gasteiger partial charge in [-0.25, -0.2) is 0 Å². The van der Waals surface area contributed by atoms with Gasteiger partial charge >= 0.3 is 5.97 Å². The molecule has 1 amide bonds. The van der Waals surface area contributed by atoms with Crippen molar-refractivity contribution in [2.45, 2.75) is 13.0 Å². The third kappa shape index (κ3) is 2.82. The van der Waals surface area contributed by atoms with Crippen LogP contribution in [-0.2, 0) is 4.79 Å². The number of carboxylic acids is 1. The molecule has 0 bridgehead atoms. The number of furan rings is 1. The van der Waals surface area contributed by atoms with E-state index in [1.165, 1.54) is 13.2 Å². The fourth-order valence-corrected chi connectivity index (χ4v) is 1.65. The molecule has 0 aliphatic carbocycles. The molecule has 0 fully saturated rings. The van der Waals surface area contributed by atoms with Gasteiger partial charge in [0, 0.05) is 5.56 Å². The molecule has 5 heteroatoms. The van der Waals surface area contributed by atoms with Gasteiger partial charge in [0.1, 0.15) is 6.04 Å². The van der Waals surface area contributed by atoms with Crippen LogP contribution in [0.3, 0.4) is 0 Å². The van der Waals surface area contributed by atoms with E-state index in [9.17, 15) is 9.59 Å². The van der Waals surface area contributed by atoms with Crippen molar-refractivity contribution in [2.75, 3.05) is 0 Å². The van der Waals surface area contributed by atoms with Crippen LogP contribution in [-0.4, -0.2) is 23.0 Å². The highest BCUT2D eigenvalue weighted by Gasteiger charge is 2.20. The number of carbonyl (C=O) groups is 2. The lowest BCUT2D eigenvalue weighted by Gasteiger charge is -2.08. The van der Waals surface area contributed by atoms with Crippen LogP contribution in [0.2, 0.25) is 0 Å². The number of benzene rings is 1. The number of rotatable bonds is 4. The molecule has 0 aliphatic heterocycles. The molecule has 0 aliphatic rings. The topological polar surface area (TPSA) is 79.5 Å². The van der Waals surface area contributed by atoms with E-state index in [4.69, 9.17) is 9.52 Å². The number of carbonyl (C=O) groups excluding carboxylic acids is 1. The Kier molecular flexibility index (Phi) is 3.66. The van der Waals surface area contributed by atoms with Gasteiger partial charge in [-0.1, -0.05) is 30.3 Å². The maximum absolute atomic E-state index is 11.9. The fourth-order valence-electron chi connectivity index (χ4n) is 1.65. The zero-order valence-electron chi connectivity index (χ0n) is 10.3. The first-order chi connectivity index (χ1) is 9.09. The van der Waals surface area contributed by atoms with Gasteiger partial charge in [0.15, 0.2) is 5.76 Å². The van der Waals surface area contributed by atoms with Crippen LogP contribution < -0.4 is 5.32 Å². The molecule has 2 aromatic rings. The van der Waals surface area contributed by atoms with Crippen LogP contribution in [0, 0.1) is 0 Å². The Bertz CT molecular complexity index is 589. The van der Waals surface area contributed by atoms with Gasteiger partial charge in [-0.05, 0) is 18.6 Å². The van der Waals surface area contributed by atoms with Crippen molar-refractivity contribution in [3.63, 3.8) is 0 Å².